The standard InChI is InChI=1S/C18H36N2/c1-6-11-19-17-16(9-10-18(17,4)5)13-20-12-7-8-14(2)15(20)3/h14-17,19H,6-13H2,1-5H3. The van der Waals surface area contributed by atoms with Gasteiger partial charge in [-0.15, -0.1) is 0 Å². The summed E-state index contributed by atoms with van der Waals surface area (Å²) in [4.78, 5) is 2.78. The molecule has 0 amide bonds. The summed E-state index contributed by atoms with van der Waals surface area (Å²) >= 11 is 0. The van der Waals surface area contributed by atoms with Crippen LogP contribution in [0.5, 0.6) is 0 Å². The summed E-state index contributed by atoms with van der Waals surface area (Å²) in [6.07, 6.45) is 6.86. The Morgan fingerprint density at radius 2 is 1.95 bits per heavy atom. The highest BCUT2D eigenvalue weighted by atomic mass is 15.2. The zero-order valence-corrected chi connectivity index (χ0v) is 14.4. The lowest BCUT2D eigenvalue weighted by Gasteiger charge is -2.41. The largest absolute Gasteiger partial charge is 0.313 e. The van der Waals surface area contributed by atoms with E-state index in [-0.39, 0.29) is 0 Å². The third-order valence-electron chi connectivity index (χ3n) is 6.06. The van der Waals surface area contributed by atoms with Gasteiger partial charge in [-0.3, -0.25) is 0 Å². The monoisotopic (exact) mass is 280 g/mol. The van der Waals surface area contributed by atoms with Crippen LogP contribution in [0.3, 0.4) is 0 Å². The average Bonchev–Trinajstić information content (AvgIpc) is 2.68. The molecule has 1 aliphatic carbocycles. The minimum atomic E-state index is 0.477. The molecule has 2 aliphatic rings. The molecule has 1 N–H and O–H groups in total. The Hall–Kier alpha value is -0.0800. The van der Waals surface area contributed by atoms with Crippen LogP contribution in [0.15, 0.2) is 0 Å². The number of hydrogen-bond acceptors (Lipinski definition) is 2. The Bertz CT molecular complexity index is 300. The van der Waals surface area contributed by atoms with Crippen LogP contribution in [-0.4, -0.2) is 36.6 Å². The molecule has 0 aromatic heterocycles. The van der Waals surface area contributed by atoms with Crippen molar-refractivity contribution >= 4 is 0 Å². The lowest BCUT2D eigenvalue weighted by Crippen LogP contribution is -2.50. The molecule has 1 heterocycles. The van der Waals surface area contributed by atoms with Gasteiger partial charge in [0.25, 0.3) is 0 Å². The van der Waals surface area contributed by atoms with E-state index in [1.54, 1.807) is 0 Å². The first-order valence-corrected chi connectivity index (χ1v) is 8.93. The number of rotatable bonds is 5. The van der Waals surface area contributed by atoms with Crippen molar-refractivity contribution in [1.82, 2.24) is 10.2 Å². The van der Waals surface area contributed by atoms with Crippen LogP contribution < -0.4 is 5.32 Å². The summed E-state index contributed by atoms with van der Waals surface area (Å²) in [5, 5.41) is 3.86. The van der Waals surface area contributed by atoms with E-state index in [4.69, 9.17) is 0 Å². The molecule has 0 radical (unpaired) electrons. The molecule has 1 saturated carbocycles. The molecule has 2 heteroatoms. The molecule has 0 aromatic carbocycles. The lowest BCUT2D eigenvalue weighted by molar-refractivity contribution is 0.0850. The molecule has 1 aliphatic heterocycles. The first-order valence-electron chi connectivity index (χ1n) is 8.93. The molecule has 0 bridgehead atoms. The number of hydrogen-bond donors (Lipinski definition) is 1. The molecular formula is C18H36N2. The normalized spacial score (nSPS) is 38.2. The summed E-state index contributed by atoms with van der Waals surface area (Å²) < 4.78 is 0. The van der Waals surface area contributed by atoms with Gasteiger partial charge in [-0.2, -0.15) is 0 Å². The molecule has 2 nitrogen and oxygen atoms in total. The second-order valence-electron chi connectivity index (χ2n) is 8.07. The molecule has 4 atom stereocenters. The van der Waals surface area contributed by atoms with Crippen molar-refractivity contribution in [2.45, 2.75) is 78.8 Å². The van der Waals surface area contributed by atoms with E-state index in [0.717, 1.165) is 17.9 Å². The smallest absolute Gasteiger partial charge is 0.0159 e. The Balaban J connectivity index is 1.96. The van der Waals surface area contributed by atoms with Crippen molar-refractivity contribution < 1.29 is 0 Å². The number of nitrogens with one attached hydrogen (secondary N) is 1. The predicted octanol–water partition coefficient (Wildman–Crippen LogP) is 3.91. The molecule has 0 spiro atoms. The van der Waals surface area contributed by atoms with Crippen molar-refractivity contribution in [3.8, 4) is 0 Å². The van der Waals surface area contributed by atoms with Crippen LogP contribution >= 0.6 is 0 Å². The molecule has 2 fully saturated rings. The van der Waals surface area contributed by atoms with Crippen LogP contribution in [0, 0.1) is 17.3 Å². The fourth-order valence-electron chi connectivity index (χ4n) is 4.44. The van der Waals surface area contributed by atoms with Gasteiger partial charge in [-0.05, 0) is 69.4 Å². The molecule has 20 heavy (non-hydrogen) atoms. The van der Waals surface area contributed by atoms with Gasteiger partial charge in [0, 0.05) is 18.6 Å². The molecule has 2 rings (SSSR count). The first-order chi connectivity index (χ1) is 9.45. The second-order valence-corrected chi connectivity index (χ2v) is 8.07. The molecule has 4 unspecified atom stereocenters. The van der Waals surface area contributed by atoms with E-state index in [9.17, 15) is 0 Å². The summed E-state index contributed by atoms with van der Waals surface area (Å²) in [5.41, 5.74) is 0.477. The fourth-order valence-corrected chi connectivity index (χ4v) is 4.44. The minimum absolute atomic E-state index is 0.477. The SMILES string of the molecule is CCCNC1C(CN2CCCC(C)C2C)CCC1(C)C. The third-order valence-corrected chi connectivity index (χ3v) is 6.06. The van der Waals surface area contributed by atoms with Crippen molar-refractivity contribution in [1.29, 1.82) is 0 Å². The van der Waals surface area contributed by atoms with Gasteiger partial charge in [0.05, 0.1) is 0 Å². The maximum absolute atomic E-state index is 3.86. The summed E-state index contributed by atoms with van der Waals surface area (Å²) in [6.45, 7) is 15.9. The Morgan fingerprint density at radius 1 is 1.20 bits per heavy atom. The van der Waals surface area contributed by atoms with Gasteiger partial charge < -0.3 is 10.2 Å². The molecule has 1 saturated heterocycles. The van der Waals surface area contributed by atoms with Gasteiger partial charge in [0.15, 0.2) is 0 Å². The van der Waals surface area contributed by atoms with Gasteiger partial charge in [-0.25, -0.2) is 0 Å². The molecule has 118 valence electrons. The van der Waals surface area contributed by atoms with E-state index in [1.807, 2.05) is 0 Å². The zero-order chi connectivity index (χ0) is 14.8. The number of nitrogens with zero attached hydrogens (tertiary/aromatic N) is 1. The summed E-state index contributed by atoms with van der Waals surface area (Å²) in [7, 11) is 0. The number of piperidine rings is 1. The van der Waals surface area contributed by atoms with Crippen LogP contribution in [0.1, 0.15) is 66.7 Å². The highest BCUT2D eigenvalue weighted by Crippen LogP contribution is 2.42. The maximum atomic E-state index is 3.86. The van der Waals surface area contributed by atoms with Crippen LogP contribution in [-0.2, 0) is 0 Å². The first kappa shape index (κ1) is 16.3. The zero-order valence-electron chi connectivity index (χ0n) is 14.4. The Morgan fingerprint density at radius 3 is 2.65 bits per heavy atom. The van der Waals surface area contributed by atoms with Gasteiger partial charge in [0.1, 0.15) is 0 Å². The van der Waals surface area contributed by atoms with Crippen LogP contribution in [0.2, 0.25) is 0 Å². The van der Waals surface area contributed by atoms with Crippen LogP contribution in [0.25, 0.3) is 0 Å². The maximum Gasteiger partial charge on any atom is 0.0159 e. The van der Waals surface area contributed by atoms with E-state index in [2.05, 4.69) is 44.8 Å². The number of likely N-dealkylation sites (tertiary alicyclic amines) is 1. The van der Waals surface area contributed by atoms with Crippen molar-refractivity contribution in [3.05, 3.63) is 0 Å². The predicted molar refractivity (Wildman–Crippen MR) is 88.0 cm³/mol. The van der Waals surface area contributed by atoms with Crippen molar-refractivity contribution in [2.75, 3.05) is 19.6 Å². The third kappa shape index (κ3) is 3.57. The van der Waals surface area contributed by atoms with E-state index in [0.29, 0.717) is 11.5 Å². The fraction of sp³-hybridized carbons (Fsp3) is 1.00. The summed E-state index contributed by atoms with van der Waals surface area (Å²) in [6, 6.07) is 1.49. The average molecular weight is 280 g/mol. The Labute approximate surface area is 126 Å². The van der Waals surface area contributed by atoms with E-state index < -0.39 is 0 Å². The lowest BCUT2D eigenvalue weighted by atomic mass is 9.84. The minimum Gasteiger partial charge on any atom is -0.313 e. The highest BCUT2D eigenvalue weighted by Gasteiger charge is 2.42. The second kappa shape index (κ2) is 6.79. The molecular weight excluding hydrogens is 244 g/mol. The van der Waals surface area contributed by atoms with Crippen molar-refractivity contribution in [3.63, 3.8) is 0 Å². The highest BCUT2D eigenvalue weighted by molar-refractivity contribution is 4.98. The van der Waals surface area contributed by atoms with E-state index in [1.165, 1.54) is 51.7 Å². The van der Waals surface area contributed by atoms with Crippen molar-refractivity contribution in [2.24, 2.45) is 17.3 Å². The topological polar surface area (TPSA) is 15.3 Å². The Kier molecular flexibility index (Phi) is 5.53. The van der Waals surface area contributed by atoms with Gasteiger partial charge in [0.2, 0.25) is 0 Å². The van der Waals surface area contributed by atoms with Gasteiger partial charge in [-0.1, -0.05) is 27.7 Å². The van der Waals surface area contributed by atoms with Gasteiger partial charge >= 0.3 is 0 Å². The molecule has 0 aromatic rings. The summed E-state index contributed by atoms with van der Waals surface area (Å²) in [5.74, 6) is 1.73. The van der Waals surface area contributed by atoms with E-state index >= 15 is 0 Å². The van der Waals surface area contributed by atoms with Crippen LogP contribution in [0.4, 0.5) is 0 Å². The quantitative estimate of drug-likeness (QED) is 0.821.